The maximum absolute atomic E-state index is 15.0. The number of allylic oxidation sites excluding steroid dienone is 1. The first-order chi connectivity index (χ1) is 19.3. The Morgan fingerprint density at radius 1 is 0.976 bits per heavy atom. The Labute approximate surface area is 230 Å². The van der Waals surface area contributed by atoms with Crippen LogP contribution in [0.4, 0.5) is 23.7 Å². The van der Waals surface area contributed by atoms with Gasteiger partial charge in [-0.05, 0) is 17.2 Å². The number of fused-ring (bicyclic) bond motifs is 4. The standard InChI is InChI=1S/C27H21F3N4O7/c1-31-23(36)26(24(37)32(2)25(31)38)19(16-10-6-7-11-17(16)34(39)40)18(22(35)41-3)21(27(28,29)30)33-13-12-14-8-4-5-9-15(14)20(26)33/h4-13,19-20H,1-3H3/t19-,20-/m0/s1. The summed E-state index contributed by atoms with van der Waals surface area (Å²) in [5.41, 5.74) is -6.24. The largest absolute Gasteiger partial charge is 0.466 e. The molecule has 0 unspecified atom stereocenters. The highest BCUT2D eigenvalue weighted by atomic mass is 19.4. The maximum atomic E-state index is 15.0. The highest BCUT2D eigenvalue weighted by molar-refractivity contribution is 6.21. The van der Waals surface area contributed by atoms with Crippen LogP contribution in [-0.2, 0) is 19.1 Å². The molecule has 212 valence electrons. The number of carbonyl (C=O) groups excluding carboxylic acids is 4. The SMILES string of the molecule is COC(=O)C1=C(C(F)(F)F)N2C=Cc3ccccc3[C@H]2C2(C(=O)N(C)C(=O)N(C)C2=O)[C@H]1c1ccccc1[N+](=O)[O-]. The molecule has 0 radical (unpaired) electrons. The molecule has 3 heterocycles. The van der Waals surface area contributed by atoms with Crippen LogP contribution in [0.2, 0.25) is 0 Å². The predicted octanol–water partition coefficient (Wildman–Crippen LogP) is 3.75. The van der Waals surface area contributed by atoms with Crippen LogP contribution >= 0.6 is 0 Å². The number of nitro benzene ring substituents is 1. The lowest BCUT2D eigenvalue weighted by Gasteiger charge is -2.56. The molecule has 0 N–H and O–H groups in total. The fourth-order valence-electron chi connectivity index (χ4n) is 6.09. The van der Waals surface area contributed by atoms with Gasteiger partial charge in [-0.2, -0.15) is 13.2 Å². The first-order valence-corrected chi connectivity index (χ1v) is 12.1. The van der Waals surface area contributed by atoms with E-state index in [1.165, 1.54) is 30.3 Å². The molecule has 1 spiro atoms. The Hall–Kier alpha value is -5.01. The second kappa shape index (κ2) is 9.28. The van der Waals surface area contributed by atoms with Crippen molar-refractivity contribution in [1.29, 1.82) is 0 Å². The van der Waals surface area contributed by atoms with Crippen LogP contribution in [0.3, 0.4) is 0 Å². The minimum absolute atomic E-state index is 0.0992. The van der Waals surface area contributed by atoms with E-state index in [2.05, 4.69) is 0 Å². The molecule has 0 aliphatic carbocycles. The Morgan fingerprint density at radius 2 is 1.54 bits per heavy atom. The van der Waals surface area contributed by atoms with Crippen LogP contribution in [0.25, 0.3) is 6.08 Å². The van der Waals surface area contributed by atoms with E-state index >= 15 is 13.2 Å². The lowest BCUT2D eigenvalue weighted by Crippen LogP contribution is -2.70. The predicted molar refractivity (Wildman–Crippen MR) is 134 cm³/mol. The monoisotopic (exact) mass is 570 g/mol. The Morgan fingerprint density at radius 3 is 2.10 bits per heavy atom. The third-order valence-electron chi connectivity index (χ3n) is 7.68. The smallest absolute Gasteiger partial charge is 0.432 e. The van der Waals surface area contributed by atoms with E-state index in [0.29, 0.717) is 20.3 Å². The molecule has 2 atom stereocenters. The number of carbonyl (C=O) groups is 4. The van der Waals surface area contributed by atoms with E-state index in [1.54, 1.807) is 12.1 Å². The van der Waals surface area contributed by atoms with Gasteiger partial charge in [0.15, 0.2) is 5.41 Å². The van der Waals surface area contributed by atoms with E-state index in [1.807, 2.05) is 0 Å². The van der Waals surface area contributed by atoms with Gasteiger partial charge in [-0.1, -0.05) is 42.5 Å². The average molecular weight is 570 g/mol. The number of hydrogen-bond acceptors (Lipinski definition) is 8. The maximum Gasteiger partial charge on any atom is 0.432 e. The van der Waals surface area contributed by atoms with Gasteiger partial charge >= 0.3 is 18.2 Å². The molecule has 3 aliphatic rings. The number of hydrogen-bond donors (Lipinski definition) is 0. The van der Waals surface area contributed by atoms with Crippen molar-refractivity contribution in [2.45, 2.75) is 18.1 Å². The summed E-state index contributed by atoms with van der Waals surface area (Å²) in [5, 5.41) is 12.2. The van der Waals surface area contributed by atoms with Gasteiger partial charge in [0, 0.05) is 31.9 Å². The van der Waals surface area contributed by atoms with E-state index in [4.69, 9.17) is 4.74 Å². The third-order valence-corrected chi connectivity index (χ3v) is 7.68. The Balaban J connectivity index is 2.06. The number of halogens is 3. The molecule has 0 saturated carbocycles. The van der Waals surface area contributed by atoms with E-state index in [9.17, 15) is 29.3 Å². The summed E-state index contributed by atoms with van der Waals surface area (Å²) < 4.78 is 49.8. The van der Waals surface area contributed by atoms with Crippen molar-refractivity contribution in [3.05, 3.63) is 92.8 Å². The molecule has 0 bridgehead atoms. The molecule has 4 amide bonds. The quantitative estimate of drug-likeness (QED) is 0.236. The minimum atomic E-state index is -5.27. The summed E-state index contributed by atoms with van der Waals surface area (Å²) >= 11 is 0. The zero-order chi connectivity index (χ0) is 30.0. The zero-order valence-electron chi connectivity index (χ0n) is 21.7. The van der Waals surface area contributed by atoms with Crippen molar-refractivity contribution in [2.24, 2.45) is 5.41 Å². The fraction of sp³-hybridized carbons (Fsp3) is 0.259. The van der Waals surface area contributed by atoms with Gasteiger partial charge in [0.2, 0.25) is 11.8 Å². The number of barbiturate groups is 1. The summed E-state index contributed by atoms with van der Waals surface area (Å²) in [6.07, 6.45) is -2.95. The van der Waals surface area contributed by atoms with Crippen molar-refractivity contribution < 1.29 is 42.0 Å². The van der Waals surface area contributed by atoms with Crippen LogP contribution < -0.4 is 0 Å². The number of rotatable bonds is 3. The molecule has 2 aromatic rings. The Kier molecular flexibility index (Phi) is 6.24. The molecule has 0 aromatic heterocycles. The summed E-state index contributed by atoms with van der Waals surface area (Å²) in [6.45, 7) is 0. The lowest BCUT2D eigenvalue weighted by molar-refractivity contribution is -0.385. The summed E-state index contributed by atoms with van der Waals surface area (Å²) in [6, 6.07) is 7.81. The number of alkyl halides is 3. The highest BCUT2D eigenvalue weighted by Gasteiger charge is 2.72. The van der Waals surface area contributed by atoms with Crippen molar-refractivity contribution >= 4 is 35.6 Å². The number of ether oxygens (including phenoxy) is 1. The summed E-state index contributed by atoms with van der Waals surface area (Å²) in [7, 11) is 2.90. The second-order valence-corrected chi connectivity index (χ2v) is 9.63. The molecule has 2 aromatic carbocycles. The van der Waals surface area contributed by atoms with E-state index < -0.39 is 74.8 Å². The van der Waals surface area contributed by atoms with E-state index in [-0.39, 0.29) is 5.56 Å². The van der Waals surface area contributed by atoms with Crippen LogP contribution in [-0.4, -0.2) is 70.8 Å². The number of benzene rings is 2. The van der Waals surface area contributed by atoms with Crippen LogP contribution in [0.1, 0.15) is 28.7 Å². The number of nitro groups is 1. The normalized spacial score (nSPS) is 21.7. The molecule has 3 aliphatic heterocycles. The number of nitrogens with zero attached hydrogens (tertiary/aromatic N) is 4. The molecular formula is C27H21F3N4O7. The lowest BCUT2D eigenvalue weighted by atomic mass is 9.56. The molecule has 1 saturated heterocycles. The van der Waals surface area contributed by atoms with Crippen molar-refractivity contribution in [3.63, 3.8) is 0 Å². The van der Waals surface area contributed by atoms with Crippen molar-refractivity contribution in [2.75, 3.05) is 21.2 Å². The second-order valence-electron chi connectivity index (χ2n) is 9.63. The number of methoxy groups -OCH3 is 1. The van der Waals surface area contributed by atoms with Crippen molar-refractivity contribution in [1.82, 2.24) is 14.7 Å². The van der Waals surface area contributed by atoms with Gasteiger partial charge in [0.25, 0.3) is 5.69 Å². The number of urea groups is 1. The number of esters is 1. The van der Waals surface area contributed by atoms with E-state index in [0.717, 1.165) is 39.5 Å². The topological polar surface area (TPSA) is 130 Å². The number of para-hydroxylation sites is 1. The van der Waals surface area contributed by atoms with Gasteiger partial charge in [0.1, 0.15) is 5.70 Å². The van der Waals surface area contributed by atoms with Gasteiger partial charge in [0.05, 0.1) is 29.6 Å². The molecule has 5 rings (SSSR count). The molecular weight excluding hydrogens is 549 g/mol. The zero-order valence-corrected chi connectivity index (χ0v) is 21.7. The summed E-state index contributed by atoms with van der Waals surface area (Å²) in [4.78, 5) is 68.0. The third kappa shape index (κ3) is 3.66. The van der Waals surface area contributed by atoms with Crippen LogP contribution in [0.5, 0.6) is 0 Å². The molecule has 1 fully saturated rings. The van der Waals surface area contributed by atoms with Gasteiger partial charge in [-0.15, -0.1) is 0 Å². The fourth-order valence-corrected chi connectivity index (χ4v) is 6.09. The number of amides is 4. The van der Waals surface area contributed by atoms with Gasteiger partial charge < -0.3 is 9.64 Å². The number of imide groups is 2. The van der Waals surface area contributed by atoms with Gasteiger partial charge in [-0.3, -0.25) is 29.5 Å². The first kappa shape index (κ1) is 27.6. The summed E-state index contributed by atoms with van der Waals surface area (Å²) in [5.74, 6) is -6.24. The highest BCUT2D eigenvalue weighted by Crippen LogP contribution is 2.63. The van der Waals surface area contributed by atoms with Crippen LogP contribution in [0.15, 0.2) is 66.0 Å². The van der Waals surface area contributed by atoms with Crippen molar-refractivity contribution in [3.8, 4) is 0 Å². The minimum Gasteiger partial charge on any atom is -0.466 e. The van der Waals surface area contributed by atoms with Crippen LogP contribution in [0, 0.1) is 15.5 Å². The molecule has 41 heavy (non-hydrogen) atoms. The average Bonchev–Trinajstić information content (AvgIpc) is 2.95. The Bertz CT molecular complexity index is 1580. The molecule has 14 heteroatoms. The van der Waals surface area contributed by atoms with Gasteiger partial charge in [-0.25, -0.2) is 9.59 Å². The first-order valence-electron chi connectivity index (χ1n) is 12.1. The molecule has 11 nitrogen and oxygen atoms in total.